The minimum absolute atomic E-state index is 0.581. The van der Waals surface area contributed by atoms with Gasteiger partial charge in [0.05, 0.1) is 0 Å². The zero-order chi connectivity index (χ0) is 12.8. The Morgan fingerprint density at radius 3 is 2.89 bits per heavy atom. The lowest BCUT2D eigenvalue weighted by atomic mass is 10.1. The zero-order valence-electron chi connectivity index (χ0n) is 11.7. The predicted octanol–water partition coefficient (Wildman–Crippen LogP) is 2.40. The molecule has 0 spiro atoms. The minimum atomic E-state index is 0.581. The highest BCUT2D eigenvalue weighted by Gasteiger charge is 2.26. The van der Waals surface area contributed by atoms with E-state index in [4.69, 9.17) is 0 Å². The fraction of sp³-hybridized carbons (Fsp3) is 0.857. The lowest BCUT2D eigenvalue weighted by Gasteiger charge is -2.18. The van der Waals surface area contributed by atoms with Crippen LogP contribution in [0.1, 0.15) is 51.8 Å². The second-order valence-electron chi connectivity index (χ2n) is 5.43. The summed E-state index contributed by atoms with van der Waals surface area (Å²) < 4.78 is 2.06. The Bertz CT molecular complexity index is 343. The highest BCUT2D eigenvalue weighted by Crippen LogP contribution is 2.34. The number of aryl methyl sites for hydroxylation is 1. The number of nitrogens with zero attached hydrogens (tertiary/aromatic N) is 3. The maximum absolute atomic E-state index is 4.42. The highest BCUT2D eigenvalue weighted by atomic mass is 15.3. The van der Waals surface area contributed by atoms with E-state index < -0.39 is 0 Å². The Hall–Kier alpha value is -0.900. The monoisotopic (exact) mass is 250 g/mol. The van der Waals surface area contributed by atoms with Crippen molar-refractivity contribution in [1.82, 2.24) is 20.1 Å². The van der Waals surface area contributed by atoms with E-state index in [0.29, 0.717) is 6.04 Å². The number of hydrogen-bond acceptors (Lipinski definition) is 3. The molecule has 1 N–H and O–H groups in total. The van der Waals surface area contributed by atoms with Gasteiger partial charge in [0.2, 0.25) is 0 Å². The molecule has 1 aromatic rings. The zero-order valence-corrected chi connectivity index (χ0v) is 11.7. The lowest BCUT2D eigenvalue weighted by molar-refractivity contribution is 0.434. The van der Waals surface area contributed by atoms with Crippen molar-refractivity contribution in [3.63, 3.8) is 0 Å². The highest BCUT2D eigenvalue weighted by molar-refractivity contribution is 4.92. The van der Waals surface area contributed by atoms with E-state index in [2.05, 4.69) is 33.9 Å². The molecular formula is C14H26N4. The van der Waals surface area contributed by atoms with E-state index in [0.717, 1.165) is 37.7 Å². The normalized spacial score (nSPS) is 17.0. The summed E-state index contributed by atoms with van der Waals surface area (Å²) in [6, 6.07) is 0.581. The third-order valence-electron chi connectivity index (χ3n) is 3.56. The van der Waals surface area contributed by atoms with E-state index in [9.17, 15) is 0 Å². The van der Waals surface area contributed by atoms with Crippen LogP contribution in [-0.2, 0) is 13.0 Å². The molecule has 0 amide bonds. The van der Waals surface area contributed by atoms with Crippen LogP contribution in [0.2, 0.25) is 0 Å². The van der Waals surface area contributed by atoms with Crippen molar-refractivity contribution in [2.24, 2.45) is 5.92 Å². The number of hydrogen-bond donors (Lipinski definition) is 1. The molecule has 0 bridgehead atoms. The first-order valence-electron chi connectivity index (χ1n) is 7.43. The number of rotatable bonds is 9. The van der Waals surface area contributed by atoms with E-state index in [1.165, 1.54) is 25.7 Å². The molecule has 1 saturated carbocycles. The Labute approximate surface area is 110 Å². The maximum Gasteiger partial charge on any atom is 0.138 e. The molecule has 0 saturated heterocycles. The molecule has 1 aliphatic rings. The van der Waals surface area contributed by atoms with Crippen LogP contribution in [-0.4, -0.2) is 27.4 Å². The minimum Gasteiger partial charge on any atom is -0.314 e. The first kappa shape index (κ1) is 13.5. The van der Waals surface area contributed by atoms with Crippen molar-refractivity contribution in [3.8, 4) is 0 Å². The summed E-state index contributed by atoms with van der Waals surface area (Å²) in [5.74, 6) is 2.10. The van der Waals surface area contributed by atoms with Crippen LogP contribution in [0.5, 0.6) is 0 Å². The first-order valence-corrected chi connectivity index (χ1v) is 7.43. The number of aromatic nitrogens is 3. The second-order valence-corrected chi connectivity index (χ2v) is 5.43. The summed E-state index contributed by atoms with van der Waals surface area (Å²) in [4.78, 5) is 4.42. The van der Waals surface area contributed by atoms with Crippen LogP contribution >= 0.6 is 0 Å². The summed E-state index contributed by atoms with van der Waals surface area (Å²) in [6.07, 6.45) is 9.18. The van der Waals surface area contributed by atoms with Gasteiger partial charge in [-0.2, -0.15) is 5.10 Å². The summed E-state index contributed by atoms with van der Waals surface area (Å²) in [6.45, 7) is 6.50. The van der Waals surface area contributed by atoms with Crippen molar-refractivity contribution in [2.75, 3.05) is 6.54 Å². The molecule has 1 aliphatic carbocycles. The molecule has 2 rings (SSSR count). The van der Waals surface area contributed by atoms with Gasteiger partial charge in [-0.05, 0) is 31.7 Å². The summed E-state index contributed by atoms with van der Waals surface area (Å²) in [7, 11) is 0. The van der Waals surface area contributed by atoms with Crippen LogP contribution in [0.4, 0.5) is 0 Å². The Kier molecular flexibility index (Phi) is 5.17. The molecule has 1 heterocycles. The standard InChI is InChI=1S/C14H26N4/c1-3-7-15-13(9-12-5-6-12)10-14-16-11-17-18(14)8-4-2/h11-13,15H,3-10H2,1-2H3. The van der Waals surface area contributed by atoms with Crippen LogP contribution in [0.3, 0.4) is 0 Å². The van der Waals surface area contributed by atoms with Crippen LogP contribution < -0.4 is 5.32 Å². The molecule has 1 fully saturated rings. The van der Waals surface area contributed by atoms with E-state index in [1.807, 2.05) is 0 Å². The van der Waals surface area contributed by atoms with Gasteiger partial charge in [-0.1, -0.05) is 26.7 Å². The quantitative estimate of drug-likeness (QED) is 0.732. The SMILES string of the molecule is CCCNC(Cc1ncnn1CCC)CC1CC1. The van der Waals surface area contributed by atoms with E-state index >= 15 is 0 Å². The van der Waals surface area contributed by atoms with Gasteiger partial charge in [0.25, 0.3) is 0 Å². The Morgan fingerprint density at radius 1 is 1.39 bits per heavy atom. The number of nitrogens with one attached hydrogen (secondary N) is 1. The molecule has 102 valence electrons. The van der Waals surface area contributed by atoms with Crippen molar-refractivity contribution < 1.29 is 0 Å². The topological polar surface area (TPSA) is 42.7 Å². The molecule has 0 aliphatic heterocycles. The molecule has 4 heteroatoms. The third kappa shape index (κ3) is 4.09. The van der Waals surface area contributed by atoms with Gasteiger partial charge in [0, 0.05) is 19.0 Å². The lowest BCUT2D eigenvalue weighted by Crippen LogP contribution is -2.33. The molecule has 1 unspecified atom stereocenters. The maximum atomic E-state index is 4.42. The van der Waals surface area contributed by atoms with Crippen LogP contribution in [0, 0.1) is 5.92 Å². The molecular weight excluding hydrogens is 224 g/mol. The fourth-order valence-corrected chi connectivity index (χ4v) is 2.41. The smallest absolute Gasteiger partial charge is 0.138 e. The first-order chi connectivity index (χ1) is 8.83. The van der Waals surface area contributed by atoms with Crippen molar-refractivity contribution in [1.29, 1.82) is 0 Å². The van der Waals surface area contributed by atoms with Crippen molar-refractivity contribution >= 4 is 0 Å². The molecule has 0 aromatic carbocycles. The fourth-order valence-electron chi connectivity index (χ4n) is 2.41. The largest absolute Gasteiger partial charge is 0.314 e. The predicted molar refractivity (Wildman–Crippen MR) is 73.4 cm³/mol. The average molecular weight is 250 g/mol. The van der Waals surface area contributed by atoms with Gasteiger partial charge in [0.1, 0.15) is 12.2 Å². The molecule has 0 radical (unpaired) electrons. The molecule has 1 atom stereocenters. The van der Waals surface area contributed by atoms with Gasteiger partial charge >= 0.3 is 0 Å². The third-order valence-corrected chi connectivity index (χ3v) is 3.56. The van der Waals surface area contributed by atoms with Gasteiger partial charge in [-0.15, -0.1) is 0 Å². The van der Waals surface area contributed by atoms with Crippen LogP contribution in [0.15, 0.2) is 6.33 Å². The summed E-state index contributed by atoms with van der Waals surface area (Å²) >= 11 is 0. The average Bonchev–Trinajstić information content (AvgIpc) is 3.08. The van der Waals surface area contributed by atoms with Gasteiger partial charge in [-0.3, -0.25) is 4.68 Å². The van der Waals surface area contributed by atoms with Crippen LogP contribution in [0.25, 0.3) is 0 Å². The van der Waals surface area contributed by atoms with Crippen molar-refractivity contribution in [2.45, 2.75) is 65.0 Å². The molecule has 1 aromatic heterocycles. The van der Waals surface area contributed by atoms with E-state index in [-0.39, 0.29) is 0 Å². The summed E-state index contributed by atoms with van der Waals surface area (Å²) in [5, 5.41) is 7.98. The van der Waals surface area contributed by atoms with Gasteiger partial charge < -0.3 is 5.32 Å². The molecule has 4 nitrogen and oxygen atoms in total. The summed E-state index contributed by atoms with van der Waals surface area (Å²) in [5.41, 5.74) is 0. The van der Waals surface area contributed by atoms with Crippen molar-refractivity contribution in [3.05, 3.63) is 12.2 Å². The van der Waals surface area contributed by atoms with Gasteiger partial charge in [-0.25, -0.2) is 4.98 Å². The Balaban J connectivity index is 1.90. The molecule has 18 heavy (non-hydrogen) atoms. The van der Waals surface area contributed by atoms with Gasteiger partial charge in [0.15, 0.2) is 0 Å². The van der Waals surface area contributed by atoms with E-state index in [1.54, 1.807) is 6.33 Å². The second kappa shape index (κ2) is 6.88. The Morgan fingerprint density at radius 2 is 2.22 bits per heavy atom.